The highest BCUT2D eigenvalue weighted by molar-refractivity contribution is 7.10. The highest BCUT2D eigenvalue weighted by Gasteiger charge is 2.62. The number of thiophene rings is 2. The first-order chi connectivity index (χ1) is 20.9. The van der Waals surface area contributed by atoms with Crippen LogP contribution in [0.4, 0.5) is 0 Å². The average molecular weight is 609 g/mol. The second kappa shape index (κ2) is 9.99. The van der Waals surface area contributed by atoms with Crippen LogP contribution < -0.4 is 0 Å². The van der Waals surface area contributed by atoms with Gasteiger partial charge in [-0.15, -0.1) is 22.7 Å². The first kappa shape index (κ1) is 26.5. The summed E-state index contributed by atoms with van der Waals surface area (Å²) in [6, 6.07) is 18.9. The lowest BCUT2D eigenvalue weighted by Crippen LogP contribution is -2.43. The summed E-state index contributed by atoms with van der Waals surface area (Å²) in [5.41, 5.74) is 1.52. The van der Waals surface area contributed by atoms with E-state index in [-0.39, 0.29) is 48.4 Å². The summed E-state index contributed by atoms with van der Waals surface area (Å²) in [6.07, 6.45) is 2.76. The Balaban J connectivity index is 1.26. The number of benzene rings is 2. The normalized spacial score (nSPS) is 28.3. The van der Waals surface area contributed by atoms with Gasteiger partial charge in [0.1, 0.15) is 5.75 Å². The third kappa shape index (κ3) is 3.98. The summed E-state index contributed by atoms with van der Waals surface area (Å²) in [5.74, 6) is -4.18. The Morgan fingerprint density at radius 3 is 2.02 bits per heavy atom. The molecule has 216 valence electrons. The second-order valence-electron chi connectivity index (χ2n) is 11.9. The molecule has 0 spiro atoms. The zero-order valence-corrected chi connectivity index (χ0v) is 24.7. The lowest BCUT2D eigenvalue weighted by molar-refractivity contribution is -0.142. The molecule has 8 rings (SSSR count). The Morgan fingerprint density at radius 1 is 0.698 bits per heavy atom. The highest BCUT2D eigenvalue weighted by atomic mass is 32.1. The fourth-order valence-electron chi connectivity index (χ4n) is 8.08. The van der Waals surface area contributed by atoms with Gasteiger partial charge in [-0.1, -0.05) is 54.1 Å². The van der Waals surface area contributed by atoms with Crippen molar-refractivity contribution in [3.8, 4) is 5.75 Å². The molecule has 0 unspecified atom stereocenters. The zero-order valence-electron chi connectivity index (χ0n) is 23.1. The molecule has 0 bridgehead atoms. The lowest BCUT2D eigenvalue weighted by Gasteiger charge is -2.44. The van der Waals surface area contributed by atoms with Gasteiger partial charge in [0.15, 0.2) is 0 Å². The number of hydrogen-bond acceptors (Lipinski definition) is 7. The number of fused-ring (bicyclic) bond motifs is 5. The van der Waals surface area contributed by atoms with Crippen molar-refractivity contribution in [2.24, 2.45) is 29.6 Å². The van der Waals surface area contributed by atoms with Gasteiger partial charge in [-0.05, 0) is 58.5 Å². The maximum Gasteiger partial charge on any atom is 0.234 e. The minimum Gasteiger partial charge on any atom is -0.508 e. The maximum absolute atomic E-state index is 14.2. The fourth-order valence-corrected chi connectivity index (χ4v) is 9.47. The Kier molecular flexibility index (Phi) is 6.17. The molecule has 4 aliphatic rings. The number of amides is 4. The topological polar surface area (TPSA) is 95.0 Å². The van der Waals surface area contributed by atoms with E-state index in [1.807, 2.05) is 71.4 Å². The number of carbonyl (C=O) groups excluding carboxylic acids is 4. The van der Waals surface area contributed by atoms with E-state index < -0.39 is 29.6 Å². The minimum atomic E-state index is -0.697. The van der Waals surface area contributed by atoms with E-state index in [9.17, 15) is 24.3 Å². The Morgan fingerprint density at radius 2 is 1.35 bits per heavy atom. The second-order valence-corrected chi connectivity index (χ2v) is 14.0. The summed E-state index contributed by atoms with van der Waals surface area (Å²) < 4.78 is 0. The number of likely N-dealkylation sites (tertiary alicyclic amines) is 2. The van der Waals surface area contributed by atoms with Crippen molar-refractivity contribution in [2.45, 2.75) is 31.8 Å². The number of phenolic OH excluding ortho intramolecular Hbond substituents is 1. The largest absolute Gasteiger partial charge is 0.508 e. The number of imide groups is 2. The molecule has 43 heavy (non-hydrogen) atoms. The quantitative estimate of drug-likeness (QED) is 0.232. The number of phenols is 1. The molecule has 2 aliphatic carbocycles. The Bertz CT molecular complexity index is 1830. The summed E-state index contributed by atoms with van der Waals surface area (Å²) in [6.45, 7) is 0.453. The van der Waals surface area contributed by atoms with E-state index >= 15 is 0 Å². The molecule has 4 amide bonds. The van der Waals surface area contributed by atoms with Gasteiger partial charge in [0, 0.05) is 21.2 Å². The third-order valence-electron chi connectivity index (χ3n) is 9.88. The molecule has 0 radical (unpaired) electrons. The van der Waals surface area contributed by atoms with Gasteiger partial charge < -0.3 is 5.11 Å². The Labute approximate surface area is 256 Å². The number of hydrogen-bond donors (Lipinski definition) is 1. The first-order valence-corrected chi connectivity index (χ1v) is 16.3. The van der Waals surface area contributed by atoms with Crippen LogP contribution in [0.15, 0.2) is 83.1 Å². The maximum atomic E-state index is 14.2. The van der Waals surface area contributed by atoms with Gasteiger partial charge in [-0.2, -0.15) is 0 Å². The van der Waals surface area contributed by atoms with E-state index in [0.29, 0.717) is 18.4 Å². The molecule has 1 N–H and O–H groups in total. The van der Waals surface area contributed by atoms with Gasteiger partial charge in [-0.3, -0.25) is 29.0 Å². The summed E-state index contributed by atoms with van der Waals surface area (Å²) >= 11 is 3.01. The van der Waals surface area contributed by atoms with Crippen molar-refractivity contribution < 1.29 is 24.3 Å². The van der Waals surface area contributed by atoms with Crippen LogP contribution in [0.2, 0.25) is 0 Å². The smallest absolute Gasteiger partial charge is 0.234 e. The van der Waals surface area contributed by atoms with Crippen molar-refractivity contribution in [1.29, 1.82) is 0 Å². The molecule has 3 fully saturated rings. The zero-order chi connectivity index (χ0) is 29.4. The minimum absolute atomic E-state index is 0.0660. The fraction of sp³-hybridized carbons (Fsp3) is 0.294. The average Bonchev–Trinajstić information content (AvgIpc) is 3.81. The predicted octanol–water partition coefficient (Wildman–Crippen LogP) is 5.70. The van der Waals surface area contributed by atoms with E-state index in [2.05, 4.69) is 0 Å². The van der Waals surface area contributed by atoms with Crippen LogP contribution in [-0.2, 0) is 32.3 Å². The van der Waals surface area contributed by atoms with Crippen LogP contribution in [0.3, 0.4) is 0 Å². The van der Waals surface area contributed by atoms with Gasteiger partial charge in [0.25, 0.3) is 0 Å². The van der Waals surface area contributed by atoms with Crippen molar-refractivity contribution in [3.63, 3.8) is 0 Å². The molecule has 6 atom stereocenters. The summed E-state index contributed by atoms with van der Waals surface area (Å²) in [5, 5.41) is 17.0. The molecule has 2 aliphatic heterocycles. The standard InChI is InChI=1S/C34H28N2O5S2/c37-26-12-9-18-5-1-2-8-21(18)28(26)29-22-10-11-23-27(33(40)35(31(23)38)16-19-6-3-13-42-19)24(22)15-25-30(29)34(41)36(32(25)39)17-20-7-4-14-43-20/h1-10,12-14,23-25,27,29-30,37H,11,15-17H2/t23-,24+,25+,27-,29+,30+/m0/s1. The van der Waals surface area contributed by atoms with Crippen LogP contribution in [0, 0.1) is 29.6 Å². The number of rotatable bonds is 5. The van der Waals surface area contributed by atoms with Crippen molar-refractivity contribution in [1.82, 2.24) is 9.80 Å². The lowest BCUT2D eigenvalue weighted by atomic mass is 9.56. The van der Waals surface area contributed by atoms with Crippen LogP contribution in [0.1, 0.15) is 34.1 Å². The van der Waals surface area contributed by atoms with Crippen molar-refractivity contribution in [3.05, 3.63) is 98.4 Å². The predicted molar refractivity (Wildman–Crippen MR) is 163 cm³/mol. The number of allylic oxidation sites excluding steroid dienone is 2. The number of nitrogens with zero attached hydrogens (tertiary/aromatic N) is 2. The molecule has 9 heteroatoms. The molecule has 2 saturated heterocycles. The third-order valence-corrected chi connectivity index (χ3v) is 11.6. The SMILES string of the molecule is O=C1[C@H]2[C@H](CC=C3[C@H]2C[C@H]2C(=O)N(Cc4cccs4)C(=O)[C@H]2[C@H]3c2c(O)ccc3ccccc23)C(=O)N1Cc1cccs1. The molecule has 2 aromatic heterocycles. The number of carbonyl (C=O) groups is 4. The monoisotopic (exact) mass is 608 g/mol. The van der Waals surface area contributed by atoms with Crippen LogP contribution >= 0.6 is 22.7 Å². The molecule has 7 nitrogen and oxygen atoms in total. The first-order valence-electron chi connectivity index (χ1n) is 14.6. The molecule has 1 saturated carbocycles. The highest BCUT2D eigenvalue weighted by Crippen LogP contribution is 2.59. The van der Waals surface area contributed by atoms with E-state index in [4.69, 9.17) is 0 Å². The molecule has 4 aromatic rings. The van der Waals surface area contributed by atoms with Crippen molar-refractivity contribution >= 4 is 57.1 Å². The van der Waals surface area contributed by atoms with Gasteiger partial charge in [0.05, 0.1) is 36.8 Å². The Hall–Kier alpha value is -4.08. The van der Waals surface area contributed by atoms with E-state index in [0.717, 1.165) is 26.1 Å². The van der Waals surface area contributed by atoms with E-state index in [1.54, 1.807) is 6.07 Å². The van der Waals surface area contributed by atoms with Gasteiger partial charge in [-0.25, -0.2) is 0 Å². The van der Waals surface area contributed by atoms with Crippen molar-refractivity contribution in [2.75, 3.05) is 0 Å². The van der Waals surface area contributed by atoms with Crippen LogP contribution in [0.25, 0.3) is 10.8 Å². The molecular formula is C34H28N2O5S2. The van der Waals surface area contributed by atoms with Gasteiger partial charge in [0.2, 0.25) is 23.6 Å². The molecule has 2 aromatic carbocycles. The summed E-state index contributed by atoms with van der Waals surface area (Å²) in [4.78, 5) is 60.6. The molecular weight excluding hydrogens is 581 g/mol. The number of aromatic hydroxyl groups is 1. The van der Waals surface area contributed by atoms with Gasteiger partial charge >= 0.3 is 0 Å². The van der Waals surface area contributed by atoms with Crippen LogP contribution in [-0.4, -0.2) is 38.5 Å². The molecule has 4 heterocycles. The summed E-state index contributed by atoms with van der Waals surface area (Å²) in [7, 11) is 0. The van der Waals surface area contributed by atoms with Crippen LogP contribution in [0.5, 0.6) is 5.75 Å². The van der Waals surface area contributed by atoms with E-state index in [1.165, 1.54) is 32.5 Å².